The van der Waals surface area contributed by atoms with E-state index in [-0.39, 0.29) is 18.3 Å². The summed E-state index contributed by atoms with van der Waals surface area (Å²) in [6.45, 7) is 5.80. The molecule has 1 rings (SSSR count). The molecule has 1 atom stereocenters. The van der Waals surface area contributed by atoms with Crippen molar-refractivity contribution in [1.82, 2.24) is 0 Å². The Balaban J connectivity index is 3.25. The van der Waals surface area contributed by atoms with Gasteiger partial charge in [0.05, 0.1) is 13.0 Å². The Morgan fingerprint density at radius 3 is 2.65 bits per heavy atom. The van der Waals surface area contributed by atoms with Crippen molar-refractivity contribution in [3.05, 3.63) is 12.3 Å². The fraction of sp³-hybridized carbons (Fsp3) is 0.600. The molecule has 17 heavy (non-hydrogen) atoms. The van der Waals surface area contributed by atoms with E-state index in [0.717, 1.165) is 0 Å². The number of carbonyl (C=O) groups is 1. The topological polar surface area (TPSA) is 47.9 Å². The molecule has 0 aromatic rings. The van der Waals surface area contributed by atoms with Crippen LogP contribution in [0.3, 0.4) is 0 Å². The normalized spacial score (nSPS) is 25.0. The minimum absolute atomic E-state index is 0.154. The largest absolute Gasteiger partial charge is 0.464 e. The summed E-state index contributed by atoms with van der Waals surface area (Å²) in [5.74, 6) is -1.86. The molecule has 0 aromatic heterocycles. The second-order valence-corrected chi connectivity index (χ2v) is 3.53. The van der Waals surface area contributed by atoms with E-state index in [0.29, 0.717) is 0 Å². The average Bonchev–Trinajstić information content (AvgIpc) is 2.14. The first kappa shape index (κ1) is 13.5. The lowest BCUT2D eigenvalue weighted by molar-refractivity contribution is -0.207. The number of alkyl halides is 3. The fourth-order valence-electron chi connectivity index (χ4n) is 1.51. The summed E-state index contributed by atoms with van der Waals surface area (Å²) >= 11 is 0. The van der Waals surface area contributed by atoms with E-state index in [1.165, 1.54) is 13.8 Å². The third-order valence-corrected chi connectivity index (χ3v) is 2.18. The highest BCUT2D eigenvalue weighted by Gasteiger charge is 2.63. The second-order valence-electron chi connectivity index (χ2n) is 3.53. The van der Waals surface area contributed by atoms with Crippen LogP contribution in [-0.2, 0) is 14.3 Å². The lowest BCUT2D eigenvalue weighted by Crippen LogP contribution is -2.54. The van der Waals surface area contributed by atoms with Crippen LogP contribution in [0, 0.1) is 0 Å². The Bertz CT molecular complexity index is 375. The number of carbonyl (C=O) groups excluding carboxylic acids is 1. The monoisotopic (exact) mass is 251 g/mol. The van der Waals surface area contributed by atoms with Gasteiger partial charge in [-0.25, -0.2) is 9.79 Å². The number of hydrogen-bond acceptors (Lipinski definition) is 4. The predicted octanol–water partition coefficient (Wildman–Crippen LogP) is 2.20. The van der Waals surface area contributed by atoms with Crippen LogP contribution in [0.15, 0.2) is 17.3 Å². The van der Waals surface area contributed by atoms with Crippen LogP contribution in [0.4, 0.5) is 13.2 Å². The number of esters is 1. The van der Waals surface area contributed by atoms with Crippen LogP contribution in [-0.4, -0.2) is 30.2 Å². The van der Waals surface area contributed by atoms with Gasteiger partial charge in [-0.1, -0.05) is 6.58 Å². The zero-order chi connectivity index (χ0) is 13.3. The summed E-state index contributed by atoms with van der Waals surface area (Å²) in [6, 6.07) is 0. The zero-order valence-corrected chi connectivity index (χ0v) is 9.43. The second kappa shape index (κ2) is 4.38. The maximum atomic E-state index is 13.0. The van der Waals surface area contributed by atoms with Gasteiger partial charge in [-0.3, -0.25) is 0 Å². The van der Waals surface area contributed by atoms with E-state index >= 15 is 0 Å². The number of ether oxygens (including phenoxy) is 2. The molecule has 1 heterocycles. The molecule has 0 saturated carbocycles. The van der Waals surface area contributed by atoms with Gasteiger partial charge < -0.3 is 9.47 Å². The van der Waals surface area contributed by atoms with Crippen LogP contribution in [0.1, 0.15) is 20.3 Å². The van der Waals surface area contributed by atoms with Crippen LogP contribution in [0.5, 0.6) is 0 Å². The van der Waals surface area contributed by atoms with Crippen LogP contribution < -0.4 is 0 Å². The summed E-state index contributed by atoms with van der Waals surface area (Å²) in [5.41, 5.74) is -2.93. The van der Waals surface area contributed by atoms with Crippen LogP contribution >= 0.6 is 0 Å². The predicted molar refractivity (Wildman–Crippen MR) is 53.4 cm³/mol. The van der Waals surface area contributed by atoms with Crippen LogP contribution in [0.25, 0.3) is 0 Å². The molecule has 0 N–H and O–H groups in total. The number of nitrogens with zero attached hydrogens (tertiary/aromatic N) is 1. The maximum Gasteiger partial charge on any atom is 0.425 e. The van der Waals surface area contributed by atoms with Gasteiger partial charge in [0.1, 0.15) is 5.76 Å². The molecule has 0 spiro atoms. The first-order valence-electron chi connectivity index (χ1n) is 4.89. The molecule has 0 aliphatic carbocycles. The minimum atomic E-state index is -4.85. The van der Waals surface area contributed by atoms with Gasteiger partial charge >= 0.3 is 12.1 Å². The molecule has 1 aliphatic heterocycles. The fourth-order valence-corrected chi connectivity index (χ4v) is 1.51. The third kappa shape index (κ3) is 2.42. The van der Waals surface area contributed by atoms with Gasteiger partial charge in [-0.05, 0) is 6.92 Å². The minimum Gasteiger partial charge on any atom is -0.464 e. The summed E-state index contributed by atoms with van der Waals surface area (Å²) in [4.78, 5) is 14.8. The van der Waals surface area contributed by atoms with Crippen molar-refractivity contribution in [2.75, 3.05) is 6.61 Å². The highest BCUT2D eigenvalue weighted by atomic mass is 19.4. The smallest absolute Gasteiger partial charge is 0.425 e. The van der Waals surface area contributed by atoms with E-state index in [9.17, 15) is 18.0 Å². The number of halogens is 3. The van der Waals surface area contributed by atoms with Crippen LogP contribution in [0.2, 0.25) is 0 Å². The summed E-state index contributed by atoms with van der Waals surface area (Å²) in [7, 11) is 0. The maximum absolute atomic E-state index is 13.0. The van der Waals surface area contributed by atoms with E-state index < -0.39 is 24.1 Å². The van der Waals surface area contributed by atoms with Crippen molar-refractivity contribution in [2.45, 2.75) is 32.0 Å². The number of aliphatic imine (C=N–C) groups is 1. The van der Waals surface area contributed by atoms with Gasteiger partial charge in [0.15, 0.2) is 5.90 Å². The van der Waals surface area contributed by atoms with Gasteiger partial charge in [0.2, 0.25) is 0 Å². The Morgan fingerprint density at radius 2 is 2.24 bits per heavy atom. The lowest BCUT2D eigenvalue weighted by atomic mass is 9.93. The number of rotatable bonds is 2. The van der Waals surface area contributed by atoms with E-state index in [1.807, 2.05) is 0 Å². The van der Waals surface area contributed by atoms with Gasteiger partial charge in [0, 0.05) is 6.92 Å². The third-order valence-electron chi connectivity index (χ3n) is 2.18. The molecular weight excluding hydrogens is 239 g/mol. The Morgan fingerprint density at radius 1 is 1.65 bits per heavy atom. The quantitative estimate of drug-likeness (QED) is 0.707. The standard InChI is InChI=1S/C10H12F3NO3/c1-4-16-8(15)9(10(11,12)13)5-6(2)17-7(3)14-9/h2,4-5H2,1,3H3/t9-/m0/s1. The van der Waals surface area contributed by atoms with Crippen molar-refractivity contribution >= 4 is 11.9 Å². The lowest BCUT2D eigenvalue weighted by Gasteiger charge is -2.33. The Labute approximate surface area is 96.1 Å². The zero-order valence-electron chi connectivity index (χ0n) is 9.43. The molecule has 0 radical (unpaired) electrons. The SMILES string of the molecule is C=C1C[C@](C(=O)OCC)(C(F)(F)F)N=C(C)O1. The van der Waals surface area contributed by atoms with Crippen molar-refractivity contribution in [1.29, 1.82) is 0 Å². The summed E-state index contributed by atoms with van der Waals surface area (Å²) in [5, 5.41) is 0. The van der Waals surface area contributed by atoms with E-state index in [1.54, 1.807) is 0 Å². The highest BCUT2D eigenvalue weighted by molar-refractivity contribution is 5.88. The molecule has 4 nitrogen and oxygen atoms in total. The molecule has 7 heteroatoms. The van der Waals surface area contributed by atoms with Gasteiger partial charge in [0.25, 0.3) is 5.54 Å². The molecule has 0 amide bonds. The van der Waals surface area contributed by atoms with E-state index in [4.69, 9.17) is 4.74 Å². The molecule has 0 bridgehead atoms. The van der Waals surface area contributed by atoms with Gasteiger partial charge in [-0.2, -0.15) is 13.2 Å². The van der Waals surface area contributed by atoms with Crippen molar-refractivity contribution in [3.8, 4) is 0 Å². The molecule has 0 unspecified atom stereocenters. The Hall–Kier alpha value is -1.53. The number of hydrogen-bond donors (Lipinski definition) is 0. The highest BCUT2D eigenvalue weighted by Crippen LogP contribution is 2.42. The molecule has 0 aromatic carbocycles. The van der Waals surface area contributed by atoms with Crippen molar-refractivity contribution in [2.24, 2.45) is 4.99 Å². The molecular formula is C10H12F3NO3. The first-order chi connectivity index (χ1) is 7.73. The van der Waals surface area contributed by atoms with Crippen molar-refractivity contribution in [3.63, 3.8) is 0 Å². The van der Waals surface area contributed by atoms with Gasteiger partial charge in [-0.15, -0.1) is 0 Å². The molecule has 0 saturated heterocycles. The summed E-state index contributed by atoms with van der Waals surface area (Å²) in [6.07, 6.45) is -5.61. The average molecular weight is 251 g/mol. The molecule has 96 valence electrons. The first-order valence-corrected chi connectivity index (χ1v) is 4.89. The molecule has 1 aliphatic rings. The van der Waals surface area contributed by atoms with Crippen molar-refractivity contribution < 1.29 is 27.4 Å². The Kier molecular flexibility index (Phi) is 3.49. The molecule has 0 fully saturated rings. The summed E-state index contributed by atoms with van der Waals surface area (Å²) < 4.78 is 48.3. The van der Waals surface area contributed by atoms with E-state index in [2.05, 4.69) is 16.3 Å².